The van der Waals surface area contributed by atoms with Gasteiger partial charge in [-0.15, -0.1) is 69.1 Å². The molecule has 0 radical (unpaired) electrons. The van der Waals surface area contributed by atoms with Gasteiger partial charge >= 0.3 is 41.9 Å². The van der Waals surface area contributed by atoms with Crippen LogP contribution in [0.25, 0.3) is 42.4 Å². The van der Waals surface area contributed by atoms with Crippen LogP contribution in [0.15, 0.2) is 105 Å². The molecule has 4 aromatic carbocycles. The van der Waals surface area contributed by atoms with Gasteiger partial charge < -0.3 is 24.8 Å². The van der Waals surface area contributed by atoms with Gasteiger partial charge in [-0.2, -0.15) is 22.7 Å². The van der Waals surface area contributed by atoms with E-state index in [2.05, 4.69) is 142 Å². The summed E-state index contributed by atoms with van der Waals surface area (Å²) in [6.45, 7) is 4.62. The van der Waals surface area contributed by atoms with Gasteiger partial charge in [0.05, 0.1) is 7.57 Å². The van der Waals surface area contributed by atoms with Crippen molar-refractivity contribution in [2.24, 2.45) is 0 Å². The van der Waals surface area contributed by atoms with E-state index in [0.717, 1.165) is 0 Å². The van der Waals surface area contributed by atoms with Gasteiger partial charge in [0, 0.05) is 0 Å². The van der Waals surface area contributed by atoms with E-state index in [1.165, 1.54) is 50.0 Å². The number of halogens is 4. The maximum Gasteiger partial charge on any atom is -1.00 e. The van der Waals surface area contributed by atoms with Crippen molar-refractivity contribution in [2.75, 3.05) is 0 Å². The third-order valence-corrected chi connectivity index (χ3v) is 8.30. The zero-order valence-electron chi connectivity index (χ0n) is 19.6. The molecule has 0 aliphatic rings. The Morgan fingerprint density at radius 2 is 1.00 bits per heavy atom. The number of thiophene rings is 2. The van der Waals surface area contributed by atoms with Crippen LogP contribution in [0.2, 0.25) is 13.1 Å². The molecule has 0 unspecified atom stereocenters. The number of hydrogen-bond acceptors (Lipinski definition) is 2. The quantitative estimate of drug-likeness (QED) is 0.174. The summed E-state index contributed by atoms with van der Waals surface area (Å²) >= 11 is 12.3. The zero-order valence-corrected chi connectivity index (χ0v) is 29.3. The third kappa shape index (κ3) is 8.88. The van der Waals surface area contributed by atoms with Crippen molar-refractivity contribution in [2.45, 2.75) is 13.1 Å². The van der Waals surface area contributed by atoms with Crippen molar-refractivity contribution >= 4 is 81.5 Å². The molecule has 0 atom stereocenters. The average Bonchev–Trinajstić information content (AvgIpc) is 3.58. The standard InChI is InChI=1S/2C13H8BrS.C2H6Si.2ClH.Zr/c2*14-13-6-5-12(15-13)11-7-9-3-1-2-4-10(9)8-11;1-3-2;;;/h2*1-8H;1-2H3;2*1H;/q2*-1;;;;+2/p-2. The summed E-state index contributed by atoms with van der Waals surface area (Å²) in [4.78, 5) is 2.64. The van der Waals surface area contributed by atoms with Crippen LogP contribution >= 0.6 is 54.5 Å². The second-order valence-corrected chi connectivity index (χ2v) is 22.3. The Morgan fingerprint density at radius 3 is 1.31 bits per heavy atom. The summed E-state index contributed by atoms with van der Waals surface area (Å²) < 4.78 is 2.37. The monoisotopic (exact) mass is 768 g/mol. The minimum atomic E-state index is 0. The average molecular weight is 773 g/mol. The summed E-state index contributed by atoms with van der Waals surface area (Å²) in [5.74, 6) is 0. The van der Waals surface area contributed by atoms with Gasteiger partial charge in [0.2, 0.25) is 0 Å². The number of rotatable bonds is 2. The van der Waals surface area contributed by atoms with Gasteiger partial charge in [0.25, 0.3) is 0 Å². The second kappa shape index (κ2) is 15.3. The molecule has 184 valence electrons. The van der Waals surface area contributed by atoms with Crippen LogP contribution in [-0.4, -0.2) is 5.43 Å². The predicted molar refractivity (Wildman–Crippen MR) is 159 cm³/mol. The first-order valence-corrected chi connectivity index (χ1v) is 20.1. The third-order valence-electron chi connectivity index (χ3n) is 4.95. The van der Waals surface area contributed by atoms with Crippen LogP contribution in [0.5, 0.6) is 0 Å². The molecule has 2 heterocycles. The van der Waals surface area contributed by atoms with Crippen LogP contribution in [0.4, 0.5) is 0 Å². The van der Waals surface area contributed by atoms with E-state index >= 15 is 0 Å². The fourth-order valence-corrected chi connectivity index (χ4v) is 6.27. The summed E-state index contributed by atoms with van der Waals surface area (Å²) in [7, 11) is 0. The molecule has 6 aromatic rings. The van der Waals surface area contributed by atoms with Crippen molar-refractivity contribution in [3.63, 3.8) is 0 Å². The molecule has 36 heavy (non-hydrogen) atoms. The zero-order chi connectivity index (χ0) is 24.1. The van der Waals surface area contributed by atoms with Crippen LogP contribution in [0.3, 0.4) is 0 Å². The number of fused-ring (bicyclic) bond motifs is 2. The molecule has 8 heteroatoms. The van der Waals surface area contributed by atoms with Crippen molar-refractivity contribution in [1.29, 1.82) is 0 Å². The van der Waals surface area contributed by atoms with E-state index in [4.69, 9.17) is 0 Å². The van der Waals surface area contributed by atoms with Gasteiger partial charge in [-0.3, -0.25) is 0 Å². The Labute approximate surface area is 265 Å². The summed E-state index contributed by atoms with van der Waals surface area (Å²) in [6.07, 6.45) is 0. The molecule has 0 fully saturated rings. The predicted octanol–water partition coefficient (Wildman–Crippen LogP) is 4.89. The van der Waals surface area contributed by atoms with E-state index < -0.39 is 0 Å². The van der Waals surface area contributed by atoms with E-state index in [1.807, 2.05) is 0 Å². The van der Waals surface area contributed by atoms with Crippen molar-refractivity contribution < 1.29 is 48.1 Å². The molecule has 0 N–H and O–H groups in total. The van der Waals surface area contributed by atoms with E-state index in [0.29, 0.717) is 0 Å². The normalized spacial score (nSPS) is 9.94. The molecular formula is C28H22Br2Cl2S2SiZr-2. The van der Waals surface area contributed by atoms with Gasteiger partial charge in [-0.05, 0) is 53.7 Å². The molecule has 0 bridgehead atoms. The topological polar surface area (TPSA) is 0 Å². The minimum Gasteiger partial charge on any atom is -1.00 e. The van der Waals surface area contributed by atoms with Crippen molar-refractivity contribution in [1.82, 2.24) is 0 Å². The summed E-state index contributed by atoms with van der Waals surface area (Å²) in [5.41, 5.74) is 2.83. The largest absolute Gasteiger partial charge is 1.00 e. The SMILES string of the molecule is Brc1ccc(-c2cc3ccccc3[cH-]2)s1.Brc1ccc(-c2cc3ccccc3[cH-]2)s1.C[Si](C)=[Zr+2].[Cl-].[Cl-]. The molecule has 0 amide bonds. The molecule has 0 aliphatic carbocycles. The number of benzene rings is 2. The Morgan fingerprint density at radius 1 is 0.639 bits per heavy atom. The second-order valence-electron chi connectivity index (χ2n) is 7.95. The molecule has 6 rings (SSSR count). The Hall–Kier alpha value is -0.300. The fraction of sp³-hybridized carbons (Fsp3) is 0.0714. The maximum absolute atomic E-state index is 3.49. The Bertz CT molecular complexity index is 1370. The fourth-order valence-electron chi connectivity index (χ4n) is 3.52. The summed E-state index contributed by atoms with van der Waals surface area (Å²) in [5, 5.41) is 5.27. The van der Waals surface area contributed by atoms with E-state index in [1.54, 1.807) is 46.0 Å². The molecule has 0 spiro atoms. The van der Waals surface area contributed by atoms with Crippen molar-refractivity contribution in [3.05, 3.63) is 105 Å². The van der Waals surface area contributed by atoms with Gasteiger partial charge in [0.1, 0.15) is 0 Å². The summed E-state index contributed by atoms with van der Waals surface area (Å²) in [6, 6.07) is 34.4. The van der Waals surface area contributed by atoms with Crippen LogP contribution in [0, 0.1) is 0 Å². The first-order chi connectivity index (χ1) is 16.4. The smallest absolute Gasteiger partial charge is 1.00 e. The van der Waals surface area contributed by atoms with Gasteiger partial charge in [-0.1, -0.05) is 48.5 Å². The Kier molecular flexibility index (Phi) is 13.6. The minimum absolute atomic E-state index is 0. The number of hydrogen-bond donors (Lipinski definition) is 0. The molecular weight excluding hydrogens is 750 g/mol. The maximum atomic E-state index is 3.49. The molecule has 0 saturated heterocycles. The molecule has 2 aromatic heterocycles. The van der Waals surface area contributed by atoms with Gasteiger partial charge in [0.15, 0.2) is 0 Å². The first kappa shape index (κ1) is 31.9. The van der Waals surface area contributed by atoms with Crippen LogP contribution in [0.1, 0.15) is 0 Å². The molecule has 0 nitrogen and oxygen atoms in total. The first-order valence-electron chi connectivity index (χ1n) is 10.7. The van der Waals surface area contributed by atoms with Crippen LogP contribution in [-0.2, 0) is 23.3 Å². The van der Waals surface area contributed by atoms with E-state index in [-0.39, 0.29) is 30.2 Å². The van der Waals surface area contributed by atoms with Gasteiger partial charge in [-0.25, -0.2) is 0 Å². The van der Waals surface area contributed by atoms with Crippen molar-refractivity contribution in [3.8, 4) is 20.9 Å². The van der Waals surface area contributed by atoms with Crippen LogP contribution < -0.4 is 24.8 Å². The molecule has 0 aliphatic heterocycles. The van der Waals surface area contributed by atoms with E-state index in [9.17, 15) is 0 Å². The molecule has 0 saturated carbocycles. The Balaban J connectivity index is 0.000000211.